The van der Waals surface area contributed by atoms with Crippen molar-refractivity contribution in [2.45, 2.75) is 32.2 Å². The summed E-state index contributed by atoms with van der Waals surface area (Å²) in [6.07, 6.45) is 0.961. The van der Waals surface area contributed by atoms with Gasteiger partial charge in [-0.3, -0.25) is 4.79 Å². The number of hydrogen-bond acceptors (Lipinski definition) is 3. The number of rotatable bonds is 6. The topological polar surface area (TPSA) is 50.4 Å². The number of nitrogens with one attached hydrogen (secondary N) is 2. The molecule has 0 fully saturated rings. The highest BCUT2D eigenvalue weighted by Crippen LogP contribution is 2.32. The molecule has 1 aromatic rings. The molecule has 1 aromatic carbocycles. The molecule has 1 heterocycles. The maximum Gasteiger partial charge on any atom is 0.236 e. The van der Waals surface area contributed by atoms with Gasteiger partial charge >= 0.3 is 0 Å². The lowest BCUT2D eigenvalue weighted by Crippen LogP contribution is -2.43. The molecule has 4 nitrogen and oxygen atoms in total. The fraction of sp³-hybridized carbons (Fsp3) is 0.533. The van der Waals surface area contributed by atoms with Gasteiger partial charge in [-0.1, -0.05) is 25.1 Å². The summed E-state index contributed by atoms with van der Waals surface area (Å²) in [6.45, 7) is 6.13. The third-order valence-electron chi connectivity index (χ3n) is 3.41. The van der Waals surface area contributed by atoms with E-state index in [2.05, 4.69) is 16.7 Å². The SMILES string of the molecule is CCCNC(=O)C(C)NCC1COc2ccccc21. The summed E-state index contributed by atoms with van der Waals surface area (Å²) < 4.78 is 5.63. The summed E-state index contributed by atoms with van der Waals surface area (Å²) >= 11 is 0. The Morgan fingerprint density at radius 2 is 2.26 bits per heavy atom. The third kappa shape index (κ3) is 3.47. The number of carbonyl (C=O) groups excluding carboxylic acids is 1. The van der Waals surface area contributed by atoms with Gasteiger partial charge in [-0.05, 0) is 19.4 Å². The second-order valence-electron chi connectivity index (χ2n) is 4.97. The van der Waals surface area contributed by atoms with Gasteiger partial charge in [0.05, 0.1) is 12.6 Å². The molecule has 0 aliphatic carbocycles. The Labute approximate surface area is 114 Å². The van der Waals surface area contributed by atoms with E-state index in [4.69, 9.17) is 4.74 Å². The van der Waals surface area contributed by atoms with Crippen LogP contribution in [0.1, 0.15) is 31.7 Å². The summed E-state index contributed by atoms with van der Waals surface area (Å²) in [5, 5.41) is 6.18. The number of amides is 1. The van der Waals surface area contributed by atoms with Crippen LogP contribution in [0, 0.1) is 0 Å². The molecule has 19 heavy (non-hydrogen) atoms. The van der Waals surface area contributed by atoms with Crippen LogP contribution in [0.25, 0.3) is 0 Å². The van der Waals surface area contributed by atoms with Gasteiger partial charge in [0.15, 0.2) is 0 Å². The summed E-state index contributed by atoms with van der Waals surface area (Å²) in [7, 11) is 0. The van der Waals surface area contributed by atoms with E-state index in [-0.39, 0.29) is 11.9 Å². The molecule has 104 valence electrons. The Kier molecular flexibility index (Phi) is 4.80. The number of fused-ring (bicyclic) bond motifs is 1. The van der Waals surface area contributed by atoms with Crippen LogP contribution in [-0.4, -0.2) is 31.6 Å². The maximum absolute atomic E-state index is 11.7. The third-order valence-corrected chi connectivity index (χ3v) is 3.41. The molecule has 0 aromatic heterocycles. The van der Waals surface area contributed by atoms with E-state index >= 15 is 0 Å². The molecule has 1 aliphatic heterocycles. The van der Waals surface area contributed by atoms with Crippen LogP contribution in [0.5, 0.6) is 5.75 Å². The van der Waals surface area contributed by atoms with Gasteiger partial charge in [-0.25, -0.2) is 0 Å². The molecule has 0 spiro atoms. The molecule has 1 aliphatic rings. The van der Waals surface area contributed by atoms with E-state index in [0.717, 1.165) is 25.3 Å². The Hall–Kier alpha value is -1.55. The van der Waals surface area contributed by atoms with Crippen LogP contribution >= 0.6 is 0 Å². The number of benzene rings is 1. The van der Waals surface area contributed by atoms with Crippen molar-refractivity contribution in [2.24, 2.45) is 0 Å². The minimum absolute atomic E-state index is 0.0639. The van der Waals surface area contributed by atoms with E-state index in [1.54, 1.807) is 0 Å². The normalized spacial score (nSPS) is 18.5. The lowest BCUT2D eigenvalue weighted by molar-refractivity contribution is -0.122. The van der Waals surface area contributed by atoms with E-state index in [0.29, 0.717) is 12.5 Å². The minimum Gasteiger partial charge on any atom is -0.493 e. The first-order chi connectivity index (χ1) is 9.22. The Morgan fingerprint density at radius 1 is 1.47 bits per heavy atom. The zero-order valence-electron chi connectivity index (χ0n) is 11.6. The summed E-state index contributed by atoms with van der Waals surface area (Å²) in [5.41, 5.74) is 1.23. The average molecular weight is 262 g/mol. The van der Waals surface area contributed by atoms with Gasteiger partial charge in [-0.2, -0.15) is 0 Å². The molecule has 0 bridgehead atoms. The highest BCUT2D eigenvalue weighted by molar-refractivity contribution is 5.81. The second kappa shape index (κ2) is 6.57. The van der Waals surface area contributed by atoms with Crippen molar-refractivity contribution in [1.82, 2.24) is 10.6 Å². The molecule has 4 heteroatoms. The zero-order chi connectivity index (χ0) is 13.7. The first kappa shape index (κ1) is 13.9. The van der Waals surface area contributed by atoms with Crippen molar-refractivity contribution >= 4 is 5.91 Å². The largest absolute Gasteiger partial charge is 0.493 e. The first-order valence-electron chi connectivity index (χ1n) is 6.95. The molecular weight excluding hydrogens is 240 g/mol. The highest BCUT2D eigenvalue weighted by atomic mass is 16.5. The van der Waals surface area contributed by atoms with Crippen molar-refractivity contribution in [3.63, 3.8) is 0 Å². The lowest BCUT2D eigenvalue weighted by atomic mass is 10.0. The van der Waals surface area contributed by atoms with Gasteiger partial charge in [0.25, 0.3) is 0 Å². The van der Waals surface area contributed by atoms with E-state index in [1.165, 1.54) is 5.56 Å². The average Bonchev–Trinajstić information content (AvgIpc) is 2.85. The van der Waals surface area contributed by atoms with Gasteiger partial charge in [-0.15, -0.1) is 0 Å². The van der Waals surface area contributed by atoms with E-state index < -0.39 is 0 Å². The predicted molar refractivity (Wildman–Crippen MR) is 75.4 cm³/mol. The van der Waals surface area contributed by atoms with Crippen LogP contribution in [-0.2, 0) is 4.79 Å². The molecule has 2 atom stereocenters. The predicted octanol–water partition coefficient (Wildman–Crippen LogP) is 1.67. The lowest BCUT2D eigenvalue weighted by Gasteiger charge is -2.16. The zero-order valence-corrected chi connectivity index (χ0v) is 11.6. The summed E-state index contributed by atoms with van der Waals surface area (Å²) in [5.74, 6) is 1.36. The van der Waals surface area contributed by atoms with E-state index in [9.17, 15) is 4.79 Å². The van der Waals surface area contributed by atoms with Gasteiger partial charge in [0.2, 0.25) is 5.91 Å². The maximum atomic E-state index is 11.7. The van der Waals surface area contributed by atoms with Crippen molar-refractivity contribution in [3.05, 3.63) is 29.8 Å². The molecule has 0 radical (unpaired) electrons. The van der Waals surface area contributed by atoms with Crippen LogP contribution in [0.15, 0.2) is 24.3 Å². The molecule has 0 saturated carbocycles. The van der Waals surface area contributed by atoms with Crippen LogP contribution < -0.4 is 15.4 Å². The van der Waals surface area contributed by atoms with E-state index in [1.807, 2.05) is 32.0 Å². The highest BCUT2D eigenvalue weighted by Gasteiger charge is 2.24. The standard InChI is InChI=1S/C15H22N2O2/c1-3-8-16-15(18)11(2)17-9-12-10-19-14-7-5-4-6-13(12)14/h4-7,11-12,17H,3,8-10H2,1-2H3,(H,16,18). The first-order valence-corrected chi connectivity index (χ1v) is 6.95. The molecule has 2 unspecified atom stereocenters. The smallest absolute Gasteiger partial charge is 0.236 e. The Balaban J connectivity index is 1.82. The van der Waals surface area contributed by atoms with Crippen LogP contribution in [0.4, 0.5) is 0 Å². The molecular formula is C15H22N2O2. The van der Waals surface area contributed by atoms with Crippen LogP contribution in [0.2, 0.25) is 0 Å². The van der Waals surface area contributed by atoms with Crippen molar-refractivity contribution in [3.8, 4) is 5.75 Å². The molecule has 0 saturated heterocycles. The Morgan fingerprint density at radius 3 is 3.05 bits per heavy atom. The second-order valence-corrected chi connectivity index (χ2v) is 4.97. The number of para-hydroxylation sites is 1. The quantitative estimate of drug-likeness (QED) is 0.820. The number of carbonyl (C=O) groups is 1. The monoisotopic (exact) mass is 262 g/mol. The summed E-state index contributed by atoms with van der Waals surface area (Å²) in [4.78, 5) is 11.7. The minimum atomic E-state index is -0.167. The van der Waals surface area contributed by atoms with Crippen molar-refractivity contribution in [1.29, 1.82) is 0 Å². The number of ether oxygens (including phenoxy) is 1. The van der Waals surface area contributed by atoms with Gasteiger partial charge in [0, 0.05) is 24.6 Å². The fourth-order valence-electron chi connectivity index (χ4n) is 2.21. The number of hydrogen-bond donors (Lipinski definition) is 2. The van der Waals surface area contributed by atoms with Crippen LogP contribution in [0.3, 0.4) is 0 Å². The molecule has 1 amide bonds. The van der Waals surface area contributed by atoms with Gasteiger partial charge in [0.1, 0.15) is 5.75 Å². The molecule has 2 rings (SSSR count). The molecule has 2 N–H and O–H groups in total. The fourth-order valence-corrected chi connectivity index (χ4v) is 2.21. The Bertz CT molecular complexity index is 434. The van der Waals surface area contributed by atoms with Crippen molar-refractivity contribution in [2.75, 3.05) is 19.7 Å². The van der Waals surface area contributed by atoms with Gasteiger partial charge < -0.3 is 15.4 Å². The van der Waals surface area contributed by atoms with Crippen molar-refractivity contribution < 1.29 is 9.53 Å². The summed E-state index contributed by atoms with van der Waals surface area (Å²) in [6, 6.07) is 7.93.